The summed E-state index contributed by atoms with van der Waals surface area (Å²) < 4.78 is 11.5. The molecule has 188 valence electrons. The molecule has 0 bridgehead atoms. The lowest BCUT2D eigenvalue weighted by atomic mass is 9.77. The maximum atomic E-state index is 13.7. The van der Waals surface area contributed by atoms with Crippen molar-refractivity contribution in [3.8, 4) is 5.75 Å². The summed E-state index contributed by atoms with van der Waals surface area (Å²) in [4.78, 5) is 18.5. The van der Waals surface area contributed by atoms with Crippen molar-refractivity contribution in [1.82, 2.24) is 15.1 Å². The van der Waals surface area contributed by atoms with E-state index in [1.165, 1.54) is 17.5 Å². The van der Waals surface area contributed by atoms with Crippen molar-refractivity contribution in [3.05, 3.63) is 65.2 Å². The number of carbonyl (C=O) groups is 1. The van der Waals surface area contributed by atoms with Gasteiger partial charge in [0.05, 0.1) is 19.3 Å². The van der Waals surface area contributed by atoms with E-state index in [1.807, 2.05) is 38.1 Å². The minimum atomic E-state index is -0.210. The van der Waals surface area contributed by atoms with E-state index in [2.05, 4.69) is 39.4 Å². The van der Waals surface area contributed by atoms with Crippen LogP contribution in [-0.2, 0) is 11.2 Å². The van der Waals surface area contributed by atoms with E-state index in [-0.39, 0.29) is 18.1 Å². The number of rotatable bonds is 7. The van der Waals surface area contributed by atoms with Crippen LogP contribution in [0.15, 0.2) is 48.5 Å². The SMILES string of the molecule is CCOC[C@H](NC(=O)N1CCC[C@@H]2CN3CCc4ccccc4[C@H]3C[C@@H]21)c1cccc(OCC)c1. The second-order valence-corrected chi connectivity index (χ2v) is 10.0. The van der Waals surface area contributed by atoms with Gasteiger partial charge in [-0.25, -0.2) is 4.79 Å². The molecule has 2 aromatic carbocycles. The molecule has 4 atom stereocenters. The van der Waals surface area contributed by atoms with E-state index < -0.39 is 0 Å². The van der Waals surface area contributed by atoms with Gasteiger partial charge in [-0.1, -0.05) is 36.4 Å². The Morgan fingerprint density at radius 3 is 2.86 bits per heavy atom. The smallest absolute Gasteiger partial charge is 0.318 e. The number of likely N-dealkylation sites (tertiary alicyclic amines) is 1. The van der Waals surface area contributed by atoms with Gasteiger partial charge in [-0.3, -0.25) is 4.90 Å². The maximum absolute atomic E-state index is 13.7. The minimum absolute atomic E-state index is 0.0313. The highest BCUT2D eigenvalue weighted by Crippen LogP contribution is 2.42. The number of piperidine rings is 2. The van der Waals surface area contributed by atoms with E-state index in [1.54, 1.807) is 0 Å². The van der Waals surface area contributed by atoms with E-state index in [0.29, 0.717) is 31.8 Å². The molecule has 35 heavy (non-hydrogen) atoms. The molecule has 2 aromatic rings. The predicted molar refractivity (Wildman–Crippen MR) is 138 cm³/mol. The number of hydrogen-bond donors (Lipinski definition) is 1. The number of urea groups is 1. The summed E-state index contributed by atoms with van der Waals surface area (Å²) in [5, 5.41) is 3.32. The normalized spacial score (nSPS) is 24.6. The first-order valence-electron chi connectivity index (χ1n) is 13.4. The van der Waals surface area contributed by atoms with Gasteiger partial charge in [0.1, 0.15) is 5.75 Å². The monoisotopic (exact) mass is 477 g/mol. The Hall–Kier alpha value is -2.57. The molecule has 0 radical (unpaired) electrons. The summed E-state index contributed by atoms with van der Waals surface area (Å²) in [5.41, 5.74) is 3.96. The summed E-state index contributed by atoms with van der Waals surface area (Å²) in [7, 11) is 0. The predicted octanol–water partition coefficient (Wildman–Crippen LogP) is 4.96. The molecule has 3 aliphatic rings. The lowest BCUT2D eigenvalue weighted by Gasteiger charge is -2.52. The molecular formula is C29H39N3O3. The molecule has 1 N–H and O–H groups in total. The molecule has 3 heterocycles. The third-order valence-electron chi connectivity index (χ3n) is 7.99. The van der Waals surface area contributed by atoms with Crippen molar-refractivity contribution >= 4 is 6.03 Å². The number of hydrogen-bond acceptors (Lipinski definition) is 4. The van der Waals surface area contributed by atoms with E-state index in [4.69, 9.17) is 9.47 Å². The number of benzene rings is 2. The topological polar surface area (TPSA) is 54.0 Å². The molecule has 5 rings (SSSR count). The van der Waals surface area contributed by atoms with E-state index >= 15 is 0 Å². The molecule has 6 heteroatoms. The molecule has 0 unspecified atom stereocenters. The Morgan fingerprint density at radius 2 is 2.00 bits per heavy atom. The van der Waals surface area contributed by atoms with E-state index in [0.717, 1.165) is 50.2 Å². The Bertz CT molecular complexity index is 1010. The van der Waals surface area contributed by atoms with Crippen LogP contribution in [0.3, 0.4) is 0 Å². The molecule has 3 aliphatic heterocycles. The Balaban J connectivity index is 1.34. The molecule has 2 amide bonds. The average Bonchev–Trinajstić information content (AvgIpc) is 2.89. The number of ether oxygens (including phenoxy) is 2. The van der Waals surface area contributed by atoms with Gasteiger partial charge in [-0.05, 0) is 74.3 Å². The standard InChI is InChI=1S/C29H39N3O3/c1-3-34-20-26(22-10-7-12-24(17-22)35-4-2)30-29(33)32-15-8-11-23-19-31-16-14-21-9-5-6-13-25(21)28(31)18-27(23)32/h5-7,9-10,12-13,17,23,26-28H,3-4,8,11,14-16,18-20H2,1-2H3,(H,30,33)/t23-,26+,27+,28-/m1/s1. The van der Waals surface area contributed by atoms with Crippen LogP contribution < -0.4 is 10.1 Å². The van der Waals surface area contributed by atoms with Gasteiger partial charge in [-0.2, -0.15) is 0 Å². The third-order valence-corrected chi connectivity index (χ3v) is 7.99. The van der Waals surface area contributed by atoms with Crippen molar-refractivity contribution < 1.29 is 14.3 Å². The summed E-state index contributed by atoms with van der Waals surface area (Å²) in [6, 6.07) is 17.4. The van der Waals surface area contributed by atoms with Crippen molar-refractivity contribution in [1.29, 1.82) is 0 Å². The zero-order valence-corrected chi connectivity index (χ0v) is 21.1. The second kappa shape index (κ2) is 11.0. The lowest BCUT2D eigenvalue weighted by molar-refractivity contribution is 0.00444. The first-order chi connectivity index (χ1) is 17.2. The van der Waals surface area contributed by atoms with Crippen LogP contribution in [0, 0.1) is 5.92 Å². The number of fused-ring (bicyclic) bond motifs is 4. The van der Waals surface area contributed by atoms with Crippen LogP contribution in [0.5, 0.6) is 5.75 Å². The molecule has 2 fully saturated rings. The number of nitrogens with zero attached hydrogens (tertiary/aromatic N) is 2. The first-order valence-corrected chi connectivity index (χ1v) is 13.4. The van der Waals surface area contributed by atoms with Gasteiger partial charge in [-0.15, -0.1) is 0 Å². The van der Waals surface area contributed by atoms with Gasteiger partial charge in [0.15, 0.2) is 0 Å². The first kappa shape index (κ1) is 24.1. The summed E-state index contributed by atoms with van der Waals surface area (Å²) in [6.07, 6.45) is 4.43. The van der Waals surface area contributed by atoms with Crippen molar-refractivity contribution in [2.24, 2.45) is 5.92 Å². The Labute approximate surface area is 209 Å². The molecule has 2 saturated heterocycles. The molecule has 6 nitrogen and oxygen atoms in total. The van der Waals surface area contributed by atoms with Gasteiger partial charge >= 0.3 is 6.03 Å². The van der Waals surface area contributed by atoms with Crippen LogP contribution in [0.25, 0.3) is 0 Å². The van der Waals surface area contributed by atoms with Crippen LogP contribution >= 0.6 is 0 Å². The number of nitrogens with one attached hydrogen (secondary N) is 1. The van der Waals surface area contributed by atoms with Crippen LogP contribution in [-0.4, -0.2) is 61.3 Å². The van der Waals surface area contributed by atoms with Gasteiger partial charge in [0, 0.05) is 38.3 Å². The summed E-state index contributed by atoms with van der Waals surface area (Å²) in [6.45, 7) is 8.68. The van der Waals surface area contributed by atoms with Crippen molar-refractivity contribution in [3.63, 3.8) is 0 Å². The fourth-order valence-electron chi connectivity index (χ4n) is 6.33. The van der Waals surface area contributed by atoms with Crippen molar-refractivity contribution in [2.75, 3.05) is 39.5 Å². The third kappa shape index (κ3) is 5.19. The number of amides is 2. The average molecular weight is 478 g/mol. The molecular weight excluding hydrogens is 438 g/mol. The number of carbonyl (C=O) groups excluding carboxylic acids is 1. The van der Waals surface area contributed by atoms with Gasteiger partial charge in [0.2, 0.25) is 0 Å². The Kier molecular flexibility index (Phi) is 7.59. The van der Waals surface area contributed by atoms with Gasteiger partial charge < -0.3 is 19.7 Å². The molecule has 0 saturated carbocycles. The Morgan fingerprint density at radius 1 is 1.11 bits per heavy atom. The summed E-state index contributed by atoms with van der Waals surface area (Å²) in [5.74, 6) is 1.37. The minimum Gasteiger partial charge on any atom is -0.494 e. The largest absolute Gasteiger partial charge is 0.494 e. The van der Waals surface area contributed by atoms with E-state index in [9.17, 15) is 4.79 Å². The van der Waals surface area contributed by atoms with Crippen LogP contribution in [0.2, 0.25) is 0 Å². The second-order valence-electron chi connectivity index (χ2n) is 10.0. The molecule has 0 spiro atoms. The zero-order chi connectivity index (χ0) is 24.2. The quantitative estimate of drug-likeness (QED) is 0.613. The zero-order valence-electron chi connectivity index (χ0n) is 21.1. The fourth-order valence-corrected chi connectivity index (χ4v) is 6.33. The van der Waals surface area contributed by atoms with Crippen LogP contribution in [0.4, 0.5) is 4.79 Å². The maximum Gasteiger partial charge on any atom is 0.318 e. The fraction of sp³-hybridized carbons (Fsp3) is 0.552. The van der Waals surface area contributed by atoms with Crippen molar-refractivity contribution in [2.45, 2.75) is 57.7 Å². The van der Waals surface area contributed by atoms with Crippen LogP contribution in [0.1, 0.15) is 61.9 Å². The molecule has 0 aliphatic carbocycles. The highest BCUT2D eigenvalue weighted by atomic mass is 16.5. The molecule has 0 aromatic heterocycles. The lowest BCUT2D eigenvalue weighted by Crippen LogP contribution is -2.59. The van der Waals surface area contributed by atoms with Gasteiger partial charge in [0.25, 0.3) is 0 Å². The highest BCUT2D eigenvalue weighted by molar-refractivity contribution is 5.75. The highest BCUT2D eigenvalue weighted by Gasteiger charge is 2.44. The summed E-state index contributed by atoms with van der Waals surface area (Å²) >= 11 is 0.